The van der Waals surface area contributed by atoms with Gasteiger partial charge in [0.1, 0.15) is 0 Å². The zero-order valence-electron chi connectivity index (χ0n) is 7.45. The van der Waals surface area contributed by atoms with E-state index in [1.54, 1.807) is 0 Å². The van der Waals surface area contributed by atoms with E-state index in [2.05, 4.69) is 18.0 Å². The normalized spacial score (nSPS) is 29.6. The van der Waals surface area contributed by atoms with Gasteiger partial charge in [-0.05, 0) is 24.7 Å². The maximum atomic E-state index is 5.57. The molecule has 1 saturated heterocycles. The molecule has 2 nitrogen and oxygen atoms in total. The van der Waals surface area contributed by atoms with E-state index in [0.717, 1.165) is 19.0 Å². The number of allylic oxidation sites excluding steroid dienone is 1. The van der Waals surface area contributed by atoms with Crippen molar-refractivity contribution in [3.05, 3.63) is 11.1 Å². The van der Waals surface area contributed by atoms with Crippen molar-refractivity contribution >= 4 is 11.8 Å². The SMILES string of the molecule is CC1=CN(CC2CCCO2)CS1. The van der Waals surface area contributed by atoms with Gasteiger partial charge >= 0.3 is 0 Å². The van der Waals surface area contributed by atoms with Crippen LogP contribution in [0.4, 0.5) is 0 Å². The first kappa shape index (κ1) is 8.45. The molecular formula is C9H15NOS. The third-order valence-corrected chi connectivity index (χ3v) is 3.31. The van der Waals surface area contributed by atoms with E-state index in [0.29, 0.717) is 6.10 Å². The average Bonchev–Trinajstić information content (AvgIpc) is 2.63. The summed E-state index contributed by atoms with van der Waals surface area (Å²) in [6.07, 6.45) is 5.22. The Hall–Kier alpha value is -0.150. The van der Waals surface area contributed by atoms with Crippen molar-refractivity contribution in [1.29, 1.82) is 0 Å². The predicted molar refractivity (Wildman–Crippen MR) is 51.9 cm³/mol. The second-order valence-electron chi connectivity index (χ2n) is 3.42. The Labute approximate surface area is 78.0 Å². The van der Waals surface area contributed by atoms with Crippen molar-refractivity contribution in [2.45, 2.75) is 25.9 Å². The molecule has 0 aromatic heterocycles. The lowest BCUT2D eigenvalue weighted by Gasteiger charge is -2.18. The minimum atomic E-state index is 0.493. The Morgan fingerprint density at radius 1 is 1.75 bits per heavy atom. The van der Waals surface area contributed by atoms with Crippen LogP contribution >= 0.6 is 11.8 Å². The van der Waals surface area contributed by atoms with Crippen molar-refractivity contribution in [3.8, 4) is 0 Å². The molecular weight excluding hydrogens is 170 g/mol. The van der Waals surface area contributed by atoms with Crippen molar-refractivity contribution in [3.63, 3.8) is 0 Å². The third kappa shape index (κ3) is 1.96. The summed E-state index contributed by atoms with van der Waals surface area (Å²) in [5.74, 6) is 1.12. The van der Waals surface area contributed by atoms with Crippen molar-refractivity contribution < 1.29 is 4.74 Å². The van der Waals surface area contributed by atoms with Crippen LogP contribution in [0.1, 0.15) is 19.8 Å². The molecule has 68 valence electrons. The smallest absolute Gasteiger partial charge is 0.0750 e. The van der Waals surface area contributed by atoms with Crippen LogP contribution in [-0.2, 0) is 4.74 Å². The van der Waals surface area contributed by atoms with E-state index in [1.165, 1.54) is 17.7 Å². The maximum absolute atomic E-state index is 5.57. The highest BCUT2D eigenvalue weighted by atomic mass is 32.2. The van der Waals surface area contributed by atoms with Gasteiger partial charge < -0.3 is 9.64 Å². The summed E-state index contributed by atoms with van der Waals surface area (Å²) in [6.45, 7) is 4.22. The van der Waals surface area contributed by atoms with Gasteiger partial charge in [-0.25, -0.2) is 0 Å². The molecule has 0 bridgehead atoms. The highest BCUT2D eigenvalue weighted by Gasteiger charge is 2.19. The largest absolute Gasteiger partial charge is 0.376 e. The number of rotatable bonds is 2. The minimum Gasteiger partial charge on any atom is -0.376 e. The van der Waals surface area contributed by atoms with Gasteiger partial charge in [0, 0.05) is 19.4 Å². The molecule has 0 N–H and O–H groups in total. The zero-order chi connectivity index (χ0) is 8.39. The van der Waals surface area contributed by atoms with Crippen LogP contribution in [0.3, 0.4) is 0 Å². The molecule has 0 amide bonds. The second-order valence-corrected chi connectivity index (χ2v) is 4.61. The summed E-state index contributed by atoms with van der Waals surface area (Å²) in [7, 11) is 0. The number of ether oxygens (including phenoxy) is 1. The monoisotopic (exact) mass is 185 g/mol. The number of nitrogens with zero attached hydrogens (tertiary/aromatic N) is 1. The molecule has 0 aromatic rings. The quantitative estimate of drug-likeness (QED) is 0.653. The molecule has 0 aromatic carbocycles. The van der Waals surface area contributed by atoms with Gasteiger partial charge in [0.2, 0.25) is 0 Å². The number of hydrogen-bond acceptors (Lipinski definition) is 3. The molecule has 0 aliphatic carbocycles. The van der Waals surface area contributed by atoms with Crippen LogP contribution in [-0.4, -0.2) is 30.0 Å². The Morgan fingerprint density at radius 2 is 2.67 bits per heavy atom. The lowest BCUT2D eigenvalue weighted by Crippen LogP contribution is -2.25. The third-order valence-electron chi connectivity index (χ3n) is 2.28. The fourth-order valence-corrected chi connectivity index (χ4v) is 2.44. The lowest BCUT2D eigenvalue weighted by atomic mass is 10.2. The van der Waals surface area contributed by atoms with Gasteiger partial charge in [0.05, 0.1) is 12.0 Å². The molecule has 1 unspecified atom stereocenters. The molecule has 2 rings (SSSR count). The lowest BCUT2D eigenvalue weighted by molar-refractivity contribution is 0.0913. The van der Waals surface area contributed by atoms with E-state index in [4.69, 9.17) is 4.74 Å². The Morgan fingerprint density at radius 3 is 3.25 bits per heavy atom. The van der Waals surface area contributed by atoms with E-state index < -0.39 is 0 Å². The van der Waals surface area contributed by atoms with Crippen molar-refractivity contribution in [2.75, 3.05) is 19.0 Å². The van der Waals surface area contributed by atoms with Gasteiger partial charge in [-0.3, -0.25) is 0 Å². The highest BCUT2D eigenvalue weighted by molar-refractivity contribution is 8.03. The topological polar surface area (TPSA) is 12.5 Å². The summed E-state index contributed by atoms with van der Waals surface area (Å²) in [5, 5.41) is 0. The molecule has 2 aliphatic rings. The van der Waals surface area contributed by atoms with E-state index >= 15 is 0 Å². The van der Waals surface area contributed by atoms with Crippen LogP contribution < -0.4 is 0 Å². The molecule has 1 fully saturated rings. The molecule has 12 heavy (non-hydrogen) atoms. The van der Waals surface area contributed by atoms with Crippen molar-refractivity contribution in [1.82, 2.24) is 4.90 Å². The molecule has 1 atom stereocenters. The van der Waals surface area contributed by atoms with E-state index in [9.17, 15) is 0 Å². The van der Waals surface area contributed by atoms with Gasteiger partial charge in [0.25, 0.3) is 0 Å². The summed E-state index contributed by atoms with van der Waals surface area (Å²) >= 11 is 1.92. The van der Waals surface area contributed by atoms with Gasteiger partial charge in [0.15, 0.2) is 0 Å². The standard InChI is InChI=1S/C9H15NOS/c1-8-5-10(7-12-8)6-9-3-2-4-11-9/h5,9H,2-4,6-7H2,1H3. The van der Waals surface area contributed by atoms with Crippen molar-refractivity contribution in [2.24, 2.45) is 0 Å². The molecule has 0 spiro atoms. The molecule has 2 heterocycles. The molecule has 0 saturated carbocycles. The summed E-state index contributed by atoms with van der Waals surface area (Å²) < 4.78 is 5.57. The number of hydrogen-bond donors (Lipinski definition) is 0. The second kappa shape index (κ2) is 3.71. The predicted octanol–water partition coefficient (Wildman–Crippen LogP) is 2.03. The zero-order valence-corrected chi connectivity index (χ0v) is 8.27. The molecule has 0 radical (unpaired) electrons. The first-order valence-electron chi connectivity index (χ1n) is 4.51. The maximum Gasteiger partial charge on any atom is 0.0750 e. The van der Waals surface area contributed by atoms with Gasteiger partial charge in [-0.1, -0.05) is 0 Å². The summed E-state index contributed by atoms with van der Waals surface area (Å²) in [4.78, 5) is 3.78. The van der Waals surface area contributed by atoms with Crippen LogP contribution in [0, 0.1) is 0 Å². The fourth-order valence-electron chi connectivity index (χ4n) is 1.67. The van der Waals surface area contributed by atoms with Crippen LogP contribution in [0.2, 0.25) is 0 Å². The average molecular weight is 185 g/mol. The summed E-state index contributed by atoms with van der Waals surface area (Å²) in [6, 6.07) is 0. The van der Waals surface area contributed by atoms with Gasteiger partial charge in [-0.15, -0.1) is 11.8 Å². The van der Waals surface area contributed by atoms with Crippen LogP contribution in [0.25, 0.3) is 0 Å². The van der Waals surface area contributed by atoms with E-state index in [-0.39, 0.29) is 0 Å². The first-order chi connectivity index (χ1) is 5.84. The fraction of sp³-hybridized carbons (Fsp3) is 0.778. The first-order valence-corrected chi connectivity index (χ1v) is 5.50. The Kier molecular flexibility index (Phi) is 2.61. The molecule has 3 heteroatoms. The highest BCUT2D eigenvalue weighted by Crippen LogP contribution is 2.25. The molecule has 2 aliphatic heterocycles. The summed E-state index contributed by atoms with van der Waals surface area (Å²) in [5.41, 5.74) is 0. The minimum absolute atomic E-state index is 0.493. The van der Waals surface area contributed by atoms with Crippen LogP contribution in [0.15, 0.2) is 11.1 Å². The van der Waals surface area contributed by atoms with Gasteiger partial charge in [-0.2, -0.15) is 0 Å². The number of thioether (sulfide) groups is 1. The van der Waals surface area contributed by atoms with E-state index in [1.807, 2.05) is 11.8 Å². The Balaban J connectivity index is 1.79. The van der Waals surface area contributed by atoms with Crippen LogP contribution in [0.5, 0.6) is 0 Å². The Bertz CT molecular complexity index is 187.